The number of piperidine rings is 3. The number of hydrogen-bond acceptors (Lipinski definition) is 3. The first-order valence-corrected chi connectivity index (χ1v) is 11.1. The van der Waals surface area contributed by atoms with Crippen LogP contribution in [-0.4, -0.2) is 41.4 Å². The molecular formula is C25H31N3O. The van der Waals surface area contributed by atoms with Crippen molar-refractivity contribution < 1.29 is 4.79 Å². The molecule has 0 unspecified atom stereocenters. The van der Waals surface area contributed by atoms with Gasteiger partial charge in [-0.1, -0.05) is 60.7 Å². The first-order chi connectivity index (χ1) is 14.2. The number of benzene rings is 2. The summed E-state index contributed by atoms with van der Waals surface area (Å²) in [6.45, 7) is 2.81. The van der Waals surface area contributed by atoms with E-state index in [0.717, 1.165) is 25.2 Å². The summed E-state index contributed by atoms with van der Waals surface area (Å²) >= 11 is 0. The van der Waals surface area contributed by atoms with E-state index < -0.39 is 6.04 Å². The minimum atomic E-state index is -0.547. The van der Waals surface area contributed by atoms with Gasteiger partial charge < -0.3 is 10.6 Å². The van der Waals surface area contributed by atoms with E-state index in [-0.39, 0.29) is 5.91 Å². The van der Waals surface area contributed by atoms with Crippen LogP contribution in [0.2, 0.25) is 0 Å². The second kappa shape index (κ2) is 7.92. The molecule has 2 aromatic carbocycles. The third-order valence-electron chi connectivity index (χ3n) is 7.31. The molecule has 0 radical (unpaired) electrons. The maximum Gasteiger partial charge on any atom is 0.244 e. The monoisotopic (exact) mass is 389 g/mol. The summed E-state index contributed by atoms with van der Waals surface area (Å²) < 4.78 is 0. The van der Waals surface area contributed by atoms with Crippen molar-refractivity contribution in [1.29, 1.82) is 0 Å². The Morgan fingerprint density at radius 1 is 0.931 bits per heavy atom. The van der Waals surface area contributed by atoms with Crippen molar-refractivity contribution in [2.24, 2.45) is 17.6 Å². The van der Waals surface area contributed by atoms with Crippen LogP contribution in [0.25, 0.3) is 0 Å². The van der Waals surface area contributed by atoms with Crippen molar-refractivity contribution in [3.63, 3.8) is 0 Å². The molecule has 0 aliphatic carbocycles. The van der Waals surface area contributed by atoms with Gasteiger partial charge in [-0.05, 0) is 48.6 Å². The number of hydrogen-bond donors (Lipinski definition) is 1. The minimum Gasteiger partial charge on any atom is -0.340 e. The van der Waals surface area contributed by atoms with Crippen LogP contribution in [0.4, 0.5) is 0 Å². The topological polar surface area (TPSA) is 49.6 Å². The molecule has 1 amide bonds. The molecule has 29 heavy (non-hydrogen) atoms. The van der Waals surface area contributed by atoms with Crippen LogP contribution in [0.15, 0.2) is 60.7 Å². The molecule has 3 aliphatic rings. The largest absolute Gasteiger partial charge is 0.340 e. The second-order valence-corrected chi connectivity index (χ2v) is 9.11. The van der Waals surface area contributed by atoms with Crippen molar-refractivity contribution in [1.82, 2.24) is 9.80 Å². The van der Waals surface area contributed by atoms with E-state index in [9.17, 15) is 4.79 Å². The molecule has 5 atom stereocenters. The maximum atomic E-state index is 13.2. The van der Waals surface area contributed by atoms with Gasteiger partial charge in [0.05, 0.1) is 0 Å². The third-order valence-corrected chi connectivity index (χ3v) is 7.31. The number of nitrogens with two attached hydrogens (primary N) is 1. The SMILES string of the molecule is N[C@H](C(=O)N1C[C@@H]2C[C@H](C1)[C@@H]1CCC[C@H](c3ccccc3)N1C2)c1ccccc1. The Balaban J connectivity index is 1.33. The molecule has 3 fully saturated rings. The fraction of sp³-hybridized carbons (Fsp3) is 0.480. The number of likely N-dealkylation sites (tertiary alicyclic amines) is 1. The molecule has 5 rings (SSSR count). The zero-order valence-corrected chi connectivity index (χ0v) is 17.0. The molecule has 2 bridgehead atoms. The molecule has 2 N–H and O–H groups in total. The third kappa shape index (κ3) is 3.60. The average molecular weight is 390 g/mol. The Labute approximate surface area is 173 Å². The molecule has 3 aliphatic heterocycles. The molecule has 0 aromatic heterocycles. The van der Waals surface area contributed by atoms with E-state index in [4.69, 9.17) is 5.73 Å². The summed E-state index contributed by atoms with van der Waals surface area (Å²) in [5.74, 6) is 1.22. The minimum absolute atomic E-state index is 0.0924. The van der Waals surface area contributed by atoms with Gasteiger partial charge in [-0.15, -0.1) is 0 Å². The quantitative estimate of drug-likeness (QED) is 0.870. The number of rotatable bonds is 3. The highest BCUT2D eigenvalue weighted by Gasteiger charge is 2.46. The number of carbonyl (C=O) groups is 1. The van der Waals surface area contributed by atoms with Gasteiger partial charge in [0, 0.05) is 31.7 Å². The highest BCUT2D eigenvalue weighted by Crippen LogP contribution is 2.44. The van der Waals surface area contributed by atoms with Gasteiger partial charge in [0.15, 0.2) is 0 Å². The fourth-order valence-electron chi connectivity index (χ4n) is 6.02. The molecule has 4 heteroatoms. The predicted octanol–water partition coefficient (Wildman–Crippen LogP) is 3.76. The normalized spacial score (nSPS) is 30.4. The van der Waals surface area contributed by atoms with Gasteiger partial charge in [0.1, 0.15) is 6.04 Å². The number of carbonyl (C=O) groups excluding carboxylic acids is 1. The van der Waals surface area contributed by atoms with E-state index in [0.29, 0.717) is 23.9 Å². The van der Waals surface area contributed by atoms with Crippen molar-refractivity contribution in [3.8, 4) is 0 Å². The van der Waals surface area contributed by atoms with Crippen LogP contribution < -0.4 is 5.73 Å². The van der Waals surface area contributed by atoms with Gasteiger partial charge in [-0.25, -0.2) is 0 Å². The Morgan fingerprint density at radius 2 is 1.66 bits per heavy atom. The molecular weight excluding hydrogens is 358 g/mol. The Morgan fingerprint density at radius 3 is 2.41 bits per heavy atom. The highest BCUT2D eigenvalue weighted by atomic mass is 16.2. The maximum absolute atomic E-state index is 13.2. The molecule has 3 heterocycles. The van der Waals surface area contributed by atoms with Crippen molar-refractivity contribution in [2.75, 3.05) is 19.6 Å². The summed E-state index contributed by atoms with van der Waals surface area (Å²) in [6.07, 6.45) is 5.04. The Hall–Kier alpha value is -2.17. The molecule has 4 nitrogen and oxygen atoms in total. The molecule has 0 saturated carbocycles. The lowest BCUT2D eigenvalue weighted by molar-refractivity contribution is -0.140. The second-order valence-electron chi connectivity index (χ2n) is 9.11. The van der Waals surface area contributed by atoms with Gasteiger partial charge in [0.25, 0.3) is 0 Å². The van der Waals surface area contributed by atoms with Crippen LogP contribution in [0.3, 0.4) is 0 Å². The number of nitrogens with zero attached hydrogens (tertiary/aromatic N) is 2. The molecule has 152 valence electrons. The summed E-state index contributed by atoms with van der Waals surface area (Å²) in [6, 6.07) is 21.4. The van der Waals surface area contributed by atoms with E-state index in [1.807, 2.05) is 30.3 Å². The van der Waals surface area contributed by atoms with Gasteiger partial charge in [-0.3, -0.25) is 9.69 Å². The van der Waals surface area contributed by atoms with E-state index in [1.54, 1.807) is 0 Å². The molecule has 2 aromatic rings. The molecule has 3 saturated heterocycles. The summed E-state index contributed by atoms with van der Waals surface area (Å²) in [5, 5.41) is 0. The number of amides is 1. The Bertz CT molecular complexity index is 840. The van der Waals surface area contributed by atoms with Crippen molar-refractivity contribution in [3.05, 3.63) is 71.8 Å². The zero-order valence-electron chi connectivity index (χ0n) is 17.0. The smallest absolute Gasteiger partial charge is 0.244 e. The van der Waals surface area contributed by atoms with Crippen LogP contribution in [0.5, 0.6) is 0 Å². The van der Waals surface area contributed by atoms with Gasteiger partial charge in [0.2, 0.25) is 5.91 Å². The summed E-state index contributed by atoms with van der Waals surface area (Å²) in [4.78, 5) is 18.0. The first kappa shape index (κ1) is 18.8. The first-order valence-electron chi connectivity index (χ1n) is 11.1. The average Bonchev–Trinajstić information content (AvgIpc) is 2.79. The lowest BCUT2D eigenvalue weighted by Gasteiger charge is -2.55. The van der Waals surface area contributed by atoms with Crippen LogP contribution in [0, 0.1) is 11.8 Å². The van der Waals surface area contributed by atoms with Crippen LogP contribution >= 0.6 is 0 Å². The van der Waals surface area contributed by atoms with Crippen molar-refractivity contribution in [2.45, 2.75) is 43.8 Å². The van der Waals surface area contributed by atoms with Gasteiger partial charge >= 0.3 is 0 Å². The van der Waals surface area contributed by atoms with E-state index in [2.05, 4.69) is 40.1 Å². The lowest BCUT2D eigenvalue weighted by atomic mass is 9.73. The number of fused-ring (bicyclic) bond motifs is 4. The summed E-state index contributed by atoms with van der Waals surface area (Å²) in [5.41, 5.74) is 8.72. The fourth-order valence-corrected chi connectivity index (χ4v) is 6.02. The van der Waals surface area contributed by atoms with Crippen LogP contribution in [-0.2, 0) is 4.79 Å². The summed E-state index contributed by atoms with van der Waals surface area (Å²) in [7, 11) is 0. The van der Waals surface area contributed by atoms with Crippen LogP contribution in [0.1, 0.15) is 48.9 Å². The van der Waals surface area contributed by atoms with Crippen molar-refractivity contribution >= 4 is 5.91 Å². The van der Waals surface area contributed by atoms with Gasteiger partial charge in [-0.2, -0.15) is 0 Å². The highest BCUT2D eigenvalue weighted by molar-refractivity contribution is 5.83. The molecule has 0 spiro atoms. The Kier molecular flexibility index (Phi) is 5.15. The zero-order chi connectivity index (χ0) is 19.8. The predicted molar refractivity (Wildman–Crippen MR) is 115 cm³/mol. The standard InChI is InChI=1S/C25H31N3O/c26-24(20-10-5-2-6-11-20)25(29)27-15-18-14-21(17-27)23-13-7-12-22(28(23)16-18)19-8-3-1-4-9-19/h1-6,8-11,18,21-24H,7,12-17,26H2/t18-,21+,22+,23-,24-/m0/s1. The van der Waals surface area contributed by atoms with E-state index in [1.165, 1.54) is 31.2 Å². The van der Waals surface area contributed by atoms with E-state index >= 15 is 0 Å². The lowest BCUT2D eigenvalue weighted by Crippen LogP contribution is -2.61.